The highest BCUT2D eigenvalue weighted by atomic mass is 19.4. The quantitative estimate of drug-likeness (QED) is 0.500. The van der Waals surface area contributed by atoms with E-state index in [1.54, 1.807) is 6.07 Å². The lowest BCUT2D eigenvalue weighted by Crippen LogP contribution is -2.28. The summed E-state index contributed by atoms with van der Waals surface area (Å²) in [6.07, 6.45) is 1.25. The zero-order valence-electron chi connectivity index (χ0n) is 18.2. The molecule has 0 unspecified atom stereocenters. The molecule has 3 aromatic rings. The van der Waals surface area contributed by atoms with Crippen molar-refractivity contribution in [1.29, 1.82) is 0 Å². The Morgan fingerprint density at radius 3 is 2.76 bits per heavy atom. The highest BCUT2D eigenvalue weighted by molar-refractivity contribution is 5.36. The highest BCUT2D eigenvalue weighted by Crippen LogP contribution is 2.36. The van der Waals surface area contributed by atoms with Gasteiger partial charge < -0.3 is 19.5 Å². The van der Waals surface area contributed by atoms with E-state index in [4.69, 9.17) is 14.2 Å². The number of anilines is 1. The monoisotopic (exact) mass is 467 g/mol. The first-order chi connectivity index (χ1) is 15.9. The van der Waals surface area contributed by atoms with Crippen LogP contribution in [0.1, 0.15) is 43.0 Å². The average Bonchev–Trinajstić information content (AvgIpc) is 3.22. The molecule has 1 saturated carbocycles. The molecule has 2 atom stereocenters. The number of fused-ring (bicyclic) bond motifs is 1. The van der Waals surface area contributed by atoms with Gasteiger partial charge in [-0.25, -0.2) is 4.98 Å². The van der Waals surface area contributed by atoms with Crippen molar-refractivity contribution in [3.63, 3.8) is 0 Å². The number of alkyl halides is 3. The van der Waals surface area contributed by atoms with Crippen LogP contribution in [0.3, 0.4) is 0 Å². The van der Waals surface area contributed by atoms with E-state index >= 15 is 0 Å². The zero-order valence-corrected chi connectivity index (χ0v) is 18.2. The Morgan fingerprint density at radius 1 is 1.15 bits per heavy atom. The van der Waals surface area contributed by atoms with Gasteiger partial charge in [0.1, 0.15) is 18.0 Å². The van der Waals surface area contributed by atoms with Crippen LogP contribution in [-0.4, -0.2) is 63.0 Å². The van der Waals surface area contributed by atoms with Crippen molar-refractivity contribution in [2.75, 3.05) is 32.8 Å². The van der Waals surface area contributed by atoms with Crippen LogP contribution in [0, 0.1) is 0 Å². The van der Waals surface area contributed by atoms with Crippen LogP contribution in [0.25, 0.3) is 5.78 Å². The standard InChI is InChI=1S/C20H24F3N7O3/c1-31-8-9-33-17-14(20(21,22)23)11-24-18(27-17)25-13-5-3-4-12(10-13)16-28-29-19-26-15(32-2)6-7-30(16)19/h6-7,11-13H,3-5,8-10H2,1-2H3,(H,24,25,27)/t12-,13+/m0/s1. The van der Waals surface area contributed by atoms with Crippen molar-refractivity contribution >= 4 is 11.7 Å². The van der Waals surface area contributed by atoms with Gasteiger partial charge in [0, 0.05) is 37.5 Å². The molecule has 1 N–H and O–H groups in total. The van der Waals surface area contributed by atoms with E-state index in [0.29, 0.717) is 18.1 Å². The zero-order chi connectivity index (χ0) is 23.4. The minimum Gasteiger partial charge on any atom is -0.481 e. The normalized spacial score (nSPS) is 18.9. The smallest absolute Gasteiger partial charge is 0.423 e. The maximum atomic E-state index is 13.3. The fourth-order valence-electron chi connectivity index (χ4n) is 3.88. The molecular formula is C20H24F3N7O3. The van der Waals surface area contributed by atoms with E-state index in [9.17, 15) is 13.2 Å². The summed E-state index contributed by atoms with van der Waals surface area (Å²) in [7, 11) is 2.97. The maximum Gasteiger partial charge on any atom is 0.423 e. The first kappa shape index (κ1) is 23.0. The molecule has 0 aromatic carbocycles. The van der Waals surface area contributed by atoms with Gasteiger partial charge in [0.05, 0.1) is 13.7 Å². The summed E-state index contributed by atoms with van der Waals surface area (Å²) in [5.41, 5.74) is -1.02. The van der Waals surface area contributed by atoms with Gasteiger partial charge in [-0.05, 0) is 19.3 Å². The molecule has 0 radical (unpaired) electrons. The van der Waals surface area contributed by atoms with Crippen LogP contribution < -0.4 is 14.8 Å². The molecule has 4 rings (SSSR count). The summed E-state index contributed by atoms with van der Waals surface area (Å²) in [4.78, 5) is 12.1. The third-order valence-corrected chi connectivity index (χ3v) is 5.45. The molecule has 3 aromatic heterocycles. The number of nitrogens with one attached hydrogen (secondary N) is 1. The van der Waals surface area contributed by atoms with Crippen molar-refractivity contribution < 1.29 is 27.4 Å². The van der Waals surface area contributed by atoms with Gasteiger partial charge in [-0.3, -0.25) is 4.40 Å². The first-order valence-electron chi connectivity index (χ1n) is 10.5. The molecule has 1 aliphatic carbocycles. The van der Waals surface area contributed by atoms with Gasteiger partial charge in [-0.1, -0.05) is 6.42 Å². The lowest BCUT2D eigenvalue weighted by molar-refractivity contribution is -0.139. The molecule has 0 aliphatic heterocycles. The fraction of sp³-hybridized carbons (Fsp3) is 0.550. The molecule has 10 nitrogen and oxygen atoms in total. The van der Waals surface area contributed by atoms with Crippen LogP contribution in [0.4, 0.5) is 19.1 Å². The molecule has 0 saturated heterocycles. The lowest BCUT2D eigenvalue weighted by Gasteiger charge is -2.29. The molecule has 33 heavy (non-hydrogen) atoms. The Labute approximate surface area is 187 Å². The number of rotatable bonds is 8. The highest BCUT2D eigenvalue weighted by Gasteiger charge is 2.36. The van der Waals surface area contributed by atoms with Gasteiger partial charge >= 0.3 is 6.18 Å². The molecule has 13 heteroatoms. The van der Waals surface area contributed by atoms with Crippen molar-refractivity contribution in [3.8, 4) is 11.8 Å². The second kappa shape index (κ2) is 9.73. The number of hydrogen-bond acceptors (Lipinski definition) is 9. The number of hydrogen-bond donors (Lipinski definition) is 1. The fourth-order valence-corrected chi connectivity index (χ4v) is 3.88. The second-order valence-corrected chi connectivity index (χ2v) is 7.65. The van der Waals surface area contributed by atoms with Gasteiger partial charge in [0.2, 0.25) is 17.7 Å². The third-order valence-electron chi connectivity index (χ3n) is 5.45. The van der Waals surface area contributed by atoms with Crippen LogP contribution in [0.2, 0.25) is 0 Å². The number of aromatic nitrogens is 6. The number of ether oxygens (including phenoxy) is 3. The van der Waals surface area contributed by atoms with Crippen molar-refractivity contribution in [2.45, 2.75) is 43.8 Å². The van der Waals surface area contributed by atoms with E-state index in [0.717, 1.165) is 31.3 Å². The Balaban J connectivity index is 1.49. The average molecular weight is 467 g/mol. The summed E-state index contributed by atoms with van der Waals surface area (Å²) in [5, 5.41) is 11.6. The summed E-state index contributed by atoms with van der Waals surface area (Å²) >= 11 is 0. The number of methoxy groups -OCH3 is 2. The van der Waals surface area contributed by atoms with Gasteiger partial charge in [-0.2, -0.15) is 23.1 Å². The summed E-state index contributed by atoms with van der Waals surface area (Å²) < 4.78 is 56.9. The Morgan fingerprint density at radius 2 is 2.00 bits per heavy atom. The molecule has 0 spiro atoms. The lowest BCUT2D eigenvalue weighted by atomic mass is 9.85. The topological polar surface area (TPSA) is 109 Å². The third kappa shape index (κ3) is 5.24. The van der Waals surface area contributed by atoms with E-state index < -0.39 is 17.6 Å². The van der Waals surface area contributed by atoms with Gasteiger partial charge in [-0.15, -0.1) is 10.2 Å². The number of halogens is 3. The molecule has 178 valence electrons. The molecule has 0 amide bonds. The van der Waals surface area contributed by atoms with Gasteiger partial charge in [0.15, 0.2) is 0 Å². The predicted molar refractivity (Wildman–Crippen MR) is 110 cm³/mol. The van der Waals surface area contributed by atoms with Crippen molar-refractivity contribution in [3.05, 3.63) is 29.8 Å². The Bertz CT molecular complexity index is 1090. The van der Waals surface area contributed by atoms with Crippen LogP contribution in [0.15, 0.2) is 18.5 Å². The van der Waals surface area contributed by atoms with E-state index in [-0.39, 0.29) is 31.1 Å². The minimum atomic E-state index is -4.62. The SMILES string of the molecule is COCCOc1nc(N[C@@H]2CCC[C@H](c3nnc4nc(OC)ccn34)C2)ncc1C(F)(F)F. The first-order valence-corrected chi connectivity index (χ1v) is 10.5. The Kier molecular flexibility index (Phi) is 6.77. The van der Waals surface area contributed by atoms with E-state index in [1.807, 2.05) is 10.6 Å². The Hall–Kier alpha value is -3.22. The van der Waals surface area contributed by atoms with Crippen molar-refractivity contribution in [2.24, 2.45) is 0 Å². The van der Waals surface area contributed by atoms with Crippen LogP contribution in [-0.2, 0) is 10.9 Å². The van der Waals surface area contributed by atoms with Crippen molar-refractivity contribution in [1.82, 2.24) is 29.5 Å². The van der Waals surface area contributed by atoms with Gasteiger partial charge in [0.25, 0.3) is 5.78 Å². The summed E-state index contributed by atoms with van der Waals surface area (Å²) in [5.74, 6) is 1.33. The summed E-state index contributed by atoms with van der Waals surface area (Å²) in [6.45, 7) is 0.0850. The molecule has 0 bridgehead atoms. The second-order valence-electron chi connectivity index (χ2n) is 7.65. The number of nitrogens with zero attached hydrogens (tertiary/aromatic N) is 6. The van der Waals surface area contributed by atoms with Crippen LogP contribution >= 0.6 is 0 Å². The predicted octanol–water partition coefficient (Wildman–Crippen LogP) is 3.11. The minimum absolute atomic E-state index is 0.0501. The van der Waals surface area contributed by atoms with Crippen LogP contribution in [0.5, 0.6) is 11.8 Å². The van der Waals surface area contributed by atoms with E-state index in [1.165, 1.54) is 14.2 Å². The summed E-state index contributed by atoms with van der Waals surface area (Å²) in [6, 6.07) is 1.69. The van der Waals surface area contributed by atoms with E-state index in [2.05, 4.69) is 30.5 Å². The molecule has 1 fully saturated rings. The maximum absolute atomic E-state index is 13.3. The molecule has 1 aliphatic rings. The molecule has 3 heterocycles. The largest absolute Gasteiger partial charge is 0.481 e. The molecular weight excluding hydrogens is 443 g/mol.